The van der Waals surface area contributed by atoms with E-state index in [2.05, 4.69) is 25.5 Å². The molecule has 0 unspecified atom stereocenters. The van der Waals surface area contributed by atoms with Crippen LogP contribution < -0.4 is 15.5 Å². The number of guanidine groups is 1. The molecule has 0 bridgehead atoms. The van der Waals surface area contributed by atoms with Gasteiger partial charge in [0.1, 0.15) is 5.82 Å². The van der Waals surface area contributed by atoms with Crippen molar-refractivity contribution in [2.24, 2.45) is 4.99 Å². The van der Waals surface area contributed by atoms with E-state index >= 15 is 0 Å². The number of nitrogens with one attached hydrogen (secondary N) is 2. The number of hydrogen-bond acceptors (Lipinski definition) is 5. The quantitative estimate of drug-likeness (QED) is 0.394. The first-order valence-electron chi connectivity index (χ1n) is 9.19. The Morgan fingerprint density at radius 2 is 2.08 bits per heavy atom. The van der Waals surface area contributed by atoms with E-state index < -0.39 is 0 Å². The molecule has 0 saturated carbocycles. The Balaban J connectivity index is 1.70. The van der Waals surface area contributed by atoms with Crippen LogP contribution in [-0.2, 0) is 9.53 Å². The first kappa shape index (κ1) is 20.0. The molecule has 1 saturated heterocycles. The highest BCUT2D eigenvalue weighted by Crippen LogP contribution is 2.12. The van der Waals surface area contributed by atoms with Crippen molar-refractivity contribution < 1.29 is 9.53 Å². The highest BCUT2D eigenvalue weighted by molar-refractivity contribution is 5.81. The van der Waals surface area contributed by atoms with Crippen LogP contribution in [0.5, 0.6) is 0 Å². The van der Waals surface area contributed by atoms with Crippen molar-refractivity contribution >= 4 is 17.7 Å². The molecule has 2 N–H and O–H groups in total. The Kier molecular flexibility index (Phi) is 8.68. The summed E-state index contributed by atoms with van der Waals surface area (Å²) in [5.41, 5.74) is 0. The standard InChI is InChI=1S/C18H30N6O2/c1-3-19-18(22-10-15-26-2)21-9-7-17(25)24-13-11-23(12-14-24)16-6-4-5-8-20-16/h4-6,8H,3,7,9-15H2,1-2H3,(H2,19,21,22). The highest BCUT2D eigenvalue weighted by atomic mass is 16.5. The van der Waals surface area contributed by atoms with Crippen molar-refractivity contribution in [3.8, 4) is 0 Å². The molecule has 2 heterocycles. The van der Waals surface area contributed by atoms with Crippen molar-refractivity contribution in [3.63, 3.8) is 0 Å². The number of hydrogen-bond donors (Lipinski definition) is 2. The summed E-state index contributed by atoms with van der Waals surface area (Å²) in [5, 5.41) is 6.36. The average Bonchev–Trinajstić information content (AvgIpc) is 2.69. The fourth-order valence-corrected chi connectivity index (χ4v) is 2.76. The molecule has 0 spiro atoms. The van der Waals surface area contributed by atoms with E-state index in [4.69, 9.17) is 4.74 Å². The third-order valence-electron chi connectivity index (χ3n) is 4.15. The van der Waals surface area contributed by atoms with E-state index in [0.29, 0.717) is 26.1 Å². The Hall–Kier alpha value is -2.35. The predicted octanol–water partition coefficient (Wildman–Crippen LogP) is 0.322. The number of aliphatic imine (C=N–C) groups is 1. The van der Waals surface area contributed by atoms with Gasteiger partial charge in [0.05, 0.1) is 13.2 Å². The Morgan fingerprint density at radius 3 is 2.73 bits per heavy atom. The fourth-order valence-electron chi connectivity index (χ4n) is 2.76. The second-order valence-electron chi connectivity index (χ2n) is 5.99. The average molecular weight is 362 g/mol. The van der Waals surface area contributed by atoms with Gasteiger partial charge in [-0.05, 0) is 19.1 Å². The molecule has 144 valence electrons. The van der Waals surface area contributed by atoms with Gasteiger partial charge in [0.15, 0.2) is 5.96 Å². The van der Waals surface area contributed by atoms with Crippen LogP contribution >= 0.6 is 0 Å². The third-order valence-corrected chi connectivity index (χ3v) is 4.15. The van der Waals surface area contributed by atoms with Gasteiger partial charge in [-0.25, -0.2) is 4.98 Å². The maximum absolute atomic E-state index is 12.4. The summed E-state index contributed by atoms with van der Waals surface area (Å²) in [6.45, 7) is 7.63. The minimum absolute atomic E-state index is 0.172. The van der Waals surface area contributed by atoms with Crippen molar-refractivity contribution in [2.45, 2.75) is 13.3 Å². The van der Waals surface area contributed by atoms with E-state index in [1.807, 2.05) is 30.0 Å². The number of rotatable bonds is 8. The number of nitrogens with zero attached hydrogens (tertiary/aromatic N) is 4. The lowest BCUT2D eigenvalue weighted by atomic mass is 10.2. The second kappa shape index (κ2) is 11.3. The van der Waals surface area contributed by atoms with Gasteiger partial charge in [-0.3, -0.25) is 9.79 Å². The van der Waals surface area contributed by atoms with E-state index in [9.17, 15) is 4.79 Å². The van der Waals surface area contributed by atoms with Crippen LogP contribution in [0.15, 0.2) is 29.4 Å². The predicted molar refractivity (Wildman–Crippen MR) is 104 cm³/mol. The molecule has 1 fully saturated rings. The van der Waals surface area contributed by atoms with Crippen LogP contribution in [0, 0.1) is 0 Å². The molecule has 8 nitrogen and oxygen atoms in total. The molecule has 1 aliphatic heterocycles. The largest absolute Gasteiger partial charge is 0.383 e. The van der Waals surface area contributed by atoms with Crippen LogP contribution in [0.3, 0.4) is 0 Å². The minimum atomic E-state index is 0.172. The molecular weight excluding hydrogens is 332 g/mol. The van der Waals surface area contributed by atoms with Crippen LogP contribution in [0.4, 0.5) is 5.82 Å². The van der Waals surface area contributed by atoms with E-state index in [0.717, 1.165) is 44.5 Å². The monoisotopic (exact) mass is 362 g/mol. The zero-order chi connectivity index (χ0) is 18.6. The summed E-state index contributed by atoms with van der Waals surface area (Å²) in [7, 11) is 1.65. The molecule has 1 aromatic heterocycles. The van der Waals surface area contributed by atoms with Gasteiger partial charge in [-0.2, -0.15) is 0 Å². The van der Waals surface area contributed by atoms with Gasteiger partial charge in [0, 0.05) is 59.0 Å². The van der Waals surface area contributed by atoms with Gasteiger partial charge in [0.2, 0.25) is 5.91 Å². The lowest BCUT2D eigenvalue weighted by molar-refractivity contribution is -0.131. The number of carbonyl (C=O) groups is 1. The van der Waals surface area contributed by atoms with Gasteiger partial charge in [-0.1, -0.05) is 6.07 Å². The van der Waals surface area contributed by atoms with Crippen LogP contribution in [0.25, 0.3) is 0 Å². The van der Waals surface area contributed by atoms with E-state index in [1.165, 1.54) is 0 Å². The van der Waals surface area contributed by atoms with Gasteiger partial charge in [0.25, 0.3) is 0 Å². The normalized spacial score (nSPS) is 15.1. The van der Waals surface area contributed by atoms with Crippen molar-refractivity contribution in [1.29, 1.82) is 0 Å². The fraction of sp³-hybridized carbons (Fsp3) is 0.611. The zero-order valence-corrected chi connectivity index (χ0v) is 15.8. The first-order chi connectivity index (χ1) is 12.7. The molecule has 1 aromatic rings. The number of carbonyl (C=O) groups excluding carboxylic acids is 1. The first-order valence-corrected chi connectivity index (χ1v) is 9.19. The maximum Gasteiger partial charge on any atom is 0.224 e. The molecule has 1 aliphatic rings. The number of aromatic nitrogens is 1. The molecule has 1 amide bonds. The molecule has 0 radical (unpaired) electrons. The maximum atomic E-state index is 12.4. The molecular formula is C18H30N6O2. The summed E-state index contributed by atoms with van der Waals surface area (Å²) in [6, 6.07) is 5.91. The Morgan fingerprint density at radius 1 is 1.27 bits per heavy atom. The summed E-state index contributed by atoms with van der Waals surface area (Å²) in [6.07, 6.45) is 2.26. The number of ether oxygens (including phenoxy) is 1. The number of anilines is 1. The van der Waals surface area contributed by atoms with Crippen LogP contribution in [0.1, 0.15) is 13.3 Å². The van der Waals surface area contributed by atoms with Crippen molar-refractivity contribution in [3.05, 3.63) is 24.4 Å². The molecule has 0 aromatic carbocycles. The van der Waals surface area contributed by atoms with Gasteiger partial charge in [-0.15, -0.1) is 0 Å². The van der Waals surface area contributed by atoms with Crippen LogP contribution in [0.2, 0.25) is 0 Å². The lowest BCUT2D eigenvalue weighted by Crippen LogP contribution is -2.49. The van der Waals surface area contributed by atoms with E-state index in [1.54, 1.807) is 13.3 Å². The molecule has 26 heavy (non-hydrogen) atoms. The van der Waals surface area contributed by atoms with Crippen LogP contribution in [-0.4, -0.2) is 81.3 Å². The smallest absolute Gasteiger partial charge is 0.224 e. The zero-order valence-electron chi connectivity index (χ0n) is 15.8. The highest BCUT2D eigenvalue weighted by Gasteiger charge is 2.21. The van der Waals surface area contributed by atoms with E-state index in [-0.39, 0.29) is 5.91 Å². The lowest BCUT2D eigenvalue weighted by Gasteiger charge is -2.35. The number of methoxy groups -OCH3 is 1. The summed E-state index contributed by atoms with van der Waals surface area (Å²) in [5.74, 6) is 1.87. The molecule has 2 rings (SSSR count). The topological polar surface area (TPSA) is 82.1 Å². The summed E-state index contributed by atoms with van der Waals surface area (Å²) in [4.78, 5) is 25.3. The SMILES string of the molecule is CCNC(=NCCOC)NCCC(=O)N1CCN(c2ccccn2)CC1. The third kappa shape index (κ3) is 6.51. The molecule has 0 aliphatic carbocycles. The molecule has 0 atom stereocenters. The number of piperazine rings is 1. The minimum Gasteiger partial charge on any atom is -0.383 e. The summed E-state index contributed by atoms with van der Waals surface area (Å²) >= 11 is 0. The Labute approximate surface area is 155 Å². The second-order valence-corrected chi connectivity index (χ2v) is 5.99. The van der Waals surface area contributed by atoms with Gasteiger partial charge < -0.3 is 25.2 Å². The van der Waals surface area contributed by atoms with Gasteiger partial charge >= 0.3 is 0 Å². The number of amides is 1. The van der Waals surface area contributed by atoms with Crippen molar-refractivity contribution in [2.75, 3.05) is 64.4 Å². The van der Waals surface area contributed by atoms with Crippen molar-refractivity contribution in [1.82, 2.24) is 20.5 Å². The Bertz CT molecular complexity index is 558. The molecule has 8 heteroatoms. The summed E-state index contributed by atoms with van der Waals surface area (Å²) < 4.78 is 5.00. The number of pyridine rings is 1.